The average Bonchev–Trinajstić information content (AvgIpc) is 2.48. The van der Waals surface area contributed by atoms with Crippen LogP contribution in [-0.2, 0) is 6.54 Å². The zero-order valence-electron chi connectivity index (χ0n) is 11.3. The third-order valence-corrected chi connectivity index (χ3v) is 3.55. The fourth-order valence-electron chi connectivity index (χ4n) is 2.12. The molecule has 2 rings (SSSR count). The van der Waals surface area contributed by atoms with Crippen molar-refractivity contribution in [2.24, 2.45) is 0 Å². The van der Waals surface area contributed by atoms with Crippen LogP contribution < -0.4 is 4.90 Å². The molecule has 0 radical (unpaired) electrons. The molecule has 0 amide bonds. The highest BCUT2D eigenvalue weighted by Gasteiger charge is 2.19. The molecule has 0 fully saturated rings. The molecule has 2 aromatic carbocycles. The van der Waals surface area contributed by atoms with E-state index in [0.717, 1.165) is 5.56 Å². The van der Waals surface area contributed by atoms with Gasteiger partial charge in [0.25, 0.3) is 5.69 Å². The molecule has 0 saturated heterocycles. The molecule has 0 spiro atoms. The lowest BCUT2D eigenvalue weighted by Gasteiger charge is -2.24. The summed E-state index contributed by atoms with van der Waals surface area (Å²) in [7, 11) is 0. The van der Waals surface area contributed by atoms with E-state index in [4.69, 9.17) is 0 Å². The van der Waals surface area contributed by atoms with Crippen LogP contribution in [0.3, 0.4) is 0 Å². The van der Waals surface area contributed by atoms with Crippen molar-refractivity contribution < 1.29 is 10.0 Å². The van der Waals surface area contributed by atoms with E-state index >= 15 is 0 Å². The van der Waals surface area contributed by atoms with Crippen molar-refractivity contribution in [1.29, 1.82) is 0 Å². The van der Waals surface area contributed by atoms with Crippen molar-refractivity contribution in [3.05, 3.63) is 68.7 Å². The molecule has 6 heteroatoms. The van der Waals surface area contributed by atoms with Gasteiger partial charge in [-0.15, -0.1) is 0 Å². The molecule has 0 saturated carbocycles. The third kappa shape index (κ3) is 4.03. The van der Waals surface area contributed by atoms with Crippen LogP contribution in [0.4, 0.5) is 11.4 Å². The SMILES string of the molecule is O=[N+]([O-])c1cc(Br)ccc1N(CCO)Cc1ccccc1. The van der Waals surface area contributed by atoms with Crippen LogP contribution in [0.1, 0.15) is 5.56 Å². The van der Waals surface area contributed by atoms with Crippen LogP contribution in [0.2, 0.25) is 0 Å². The Labute approximate surface area is 131 Å². The molecule has 110 valence electrons. The maximum Gasteiger partial charge on any atom is 0.293 e. The Morgan fingerprint density at radius 1 is 1.19 bits per heavy atom. The van der Waals surface area contributed by atoms with Gasteiger partial charge in [-0.1, -0.05) is 46.3 Å². The molecule has 0 bridgehead atoms. The molecule has 21 heavy (non-hydrogen) atoms. The largest absolute Gasteiger partial charge is 0.395 e. The summed E-state index contributed by atoms with van der Waals surface area (Å²) in [5.74, 6) is 0. The highest BCUT2D eigenvalue weighted by atomic mass is 79.9. The first-order valence-corrected chi connectivity index (χ1v) is 7.25. The zero-order valence-corrected chi connectivity index (χ0v) is 12.9. The number of nitro benzene ring substituents is 1. The van der Waals surface area contributed by atoms with Crippen molar-refractivity contribution in [1.82, 2.24) is 0 Å². The predicted octanol–water partition coefficient (Wildman–Crippen LogP) is 3.36. The number of hydrogen-bond acceptors (Lipinski definition) is 4. The van der Waals surface area contributed by atoms with E-state index in [1.807, 2.05) is 30.3 Å². The zero-order chi connectivity index (χ0) is 15.2. The molecule has 0 aromatic heterocycles. The molecular weight excluding hydrogens is 336 g/mol. The minimum Gasteiger partial charge on any atom is -0.395 e. The summed E-state index contributed by atoms with van der Waals surface area (Å²) >= 11 is 3.25. The van der Waals surface area contributed by atoms with Crippen molar-refractivity contribution >= 4 is 27.3 Å². The second-order valence-electron chi connectivity index (χ2n) is 4.52. The smallest absolute Gasteiger partial charge is 0.293 e. The Kier molecular flexibility index (Phi) is 5.30. The number of hydrogen-bond donors (Lipinski definition) is 1. The van der Waals surface area contributed by atoms with Gasteiger partial charge in [-0.05, 0) is 17.7 Å². The van der Waals surface area contributed by atoms with Crippen LogP contribution >= 0.6 is 15.9 Å². The van der Waals surface area contributed by atoms with E-state index < -0.39 is 4.92 Å². The Morgan fingerprint density at radius 3 is 2.52 bits per heavy atom. The lowest BCUT2D eigenvalue weighted by molar-refractivity contribution is -0.384. The summed E-state index contributed by atoms with van der Waals surface area (Å²) in [6.45, 7) is 0.765. The molecule has 1 N–H and O–H groups in total. The Bertz CT molecular complexity index is 620. The number of anilines is 1. The Morgan fingerprint density at radius 2 is 1.90 bits per heavy atom. The van der Waals surface area contributed by atoms with Crippen molar-refractivity contribution in [3.63, 3.8) is 0 Å². The van der Waals surface area contributed by atoms with E-state index in [-0.39, 0.29) is 12.3 Å². The van der Waals surface area contributed by atoms with Gasteiger partial charge in [0.15, 0.2) is 0 Å². The summed E-state index contributed by atoms with van der Waals surface area (Å²) < 4.78 is 0.654. The van der Waals surface area contributed by atoms with Gasteiger partial charge >= 0.3 is 0 Å². The number of halogens is 1. The fraction of sp³-hybridized carbons (Fsp3) is 0.200. The fourth-order valence-corrected chi connectivity index (χ4v) is 2.47. The molecule has 2 aromatic rings. The van der Waals surface area contributed by atoms with E-state index in [0.29, 0.717) is 23.2 Å². The normalized spacial score (nSPS) is 10.4. The number of nitrogens with zero attached hydrogens (tertiary/aromatic N) is 2. The molecule has 0 atom stereocenters. The predicted molar refractivity (Wildman–Crippen MR) is 85.4 cm³/mol. The molecular formula is C15H15BrN2O3. The monoisotopic (exact) mass is 350 g/mol. The van der Waals surface area contributed by atoms with E-state index in [2.05, 4.69) is 15.9 Å². The maximum absolute atomic E-state index is 11.2. The molecule has 5 nitrogen and oxygen atoms in total. The van der Waals surface area contributed by atoms with Crippen molar-refractivity contribution in [2.45, 2.75) is 6.54 Å². The first kappa shape index (κ1) is 15.5. The number of rotatable bonds is 6. The molecule has 0 heterocycles. The second kappa shape index (κ2) is 7.19. The quantitative estimate of drug-likeness (QED) is 0.640. The molecule has 0 aliphatic rings. The Balaban J connectivity index is 2.36. The summed E-state index contributed by atoms with van der Waals surface area (Å²) in [5.41, 5.74) is 1.55. The van der Waals surface area contributed by atoms with Gasteiger partial charge in [0.2, 0.25) is 0 Å². The van der Waals surface area contributed by atoms with Gasteiger partial charge in [0.05, 0.1) is 11.5 Å². The minimum atomic E-state index is -0.407. The first-order chi connectivity index (χ1) is 10.1. The number of nitro groups is 1. The number of aliphatic hydroxyl groups excluding tert-OH is 1. The van der Waals surface area contributed by atoms with Crippen LogP contribution in [0.25, 0.3) is 0 Å². The Hall–Kier alpha value is -1.92. The van der Waals surface area contributed by atoms with Crippen LogP contribution in [0.5, 0.6) is 0 Å². The van der Waals surface area contributed by atoms with Gasteiger partial charge in [0.1, 0.15) is 5.69 Å². The van der Waals surface area contributed by atoms with Crippen LogP contribution in [-0.4, -0.2) is 23.2 Å². The van der Waals surface area contributed by atoms with Crippen LogP contribution in [0, 0.1) is 10.1 Å². The second-order valence-corrected chi connectivity index (χ2v) is 5.44. The van der Waals surface area contributed by atoms with Gasteiger partial charge in [-0.3, -0.25) is 10.1 Å². The lowest BCUT2D eigenvalue weighted by Crippen LogP contribution is -2.26. The van der Waals surface area contributed by atoms with E-state index in [1.165, 1.54) is 6.07 Å². The van der Waals surface area contributed by atoms with Gasteiger partial charge < -0.3 is 10.0 Å². The lowest BCUT2D eigenvalue weighted by atomic mass is 10.2. The number of aliphatic hydroxyl groups is 1. The molecule has 0 aliphatic heterocycles. The van der Waals surface area contributed by atoms with Gasteiger partial charge in [0, 0.05) is 23.6 Å². The summed E-state index contributed by atoms with van der Waals surface area (Å²) in [6, 6.07) is 14.6. The average molecular weight is 351 g/mol. The molecule has 0 aliphatic carbocycles. The van der Waals surface area contributed by atoms with E-state index in [1.54, 1.807) is 17.0 Å². The van der Waals surface area contributed by atoms with Crippen molar-refractivity contribution in [3.8, 4) is 0 Å². The maximum atomic E-state index is 11.2. The summed E-state index contributed by atoms with van der Waals surface area (Å²) in [5, 5.41) is 20.5. The van der Waals surface area contributed by atoms with E-state index in [9.17, 15) is 15.2 Å². The highest BCUT2D eigenvalue weighted by Crippen LogP contribution is 2.32. The third-order valence-electron chi connectivity index (χ3n) is 3.06. The van der Waals surface area contributed by atoms with Gasteiger partial charge in [-0.25, -0.2) is 0 Å². The standard InChI is InChI=1S/C15H15BrN2O3/c16-13-6-7-14(15(10-13)18(20)21)17(8-9-19)11-12-4-2-1-3-5-12/h1-7,10,19H,8-9,11H2. The topological polar surface area (TPSA) is 66.6 Å². The summed E-state index contributed by atoms with van der Waals surface area (Å²) in [4.78, 5) is 12.6. The minimum absolute atomic E-state index is 0.0220. The summed E-state index contributed by atoms with van der Waals surface area (Å²) in [6.07, 6.45) is 0. The first-order valence-electron chi connectivity index (χ1n) is 6.45. The molecule has 0 unspecified atom stereocenters. The van der Waals surface area contributed by atoms with Crippen LogP contribution in [0.15, 0.2) is 53.0 Å². The van der Waals surface area contributed by atoms with Crippen molar-refractivity contribution in [2.75, 3.05) is 18.1 Å². The highest BCUT2D eigenvalue weighted by molar-refractivity contribution is 9.10. The number of benzene rings is 2. The van der Waals surface area contributed by atoms with Gasteiger partial charge in [-0.2, -0.15) is 0 Å².